The van der Waals surface area contributed by atoms with Crippen molar-refractivity contribution in [2.24, 2.45) is 5.10 Å². The highest BCUT2D eigenvalue weighted by molar-refractivity contribution is 9.10. The standard InChI is InChI=1S/C22H25BrN4O5/c1-5-30-19-9-15(8-18(23)21(19)31-6-2)11-25-27-20(28)13-32-22-17(10-24)16(12-29-4)7-14(3)26-22/h7-9,11H,5-6,12-13H2,1-4H3,(H,27,28). The number of halogens is 1. The van der Waals surface area contributed by atoms with Crippen molar-refractivity contribution in [1.29, 1.82) is 5.26 Å². The number of rotatable bonds is 11. The van der Waals surface area contributed by atoms with E-state index in [9.17, 15) is 10.1 Å². The molecule has 170 valence electrons. The lowest BCUT2D eigenvalue weighted by atomic mass is 10.1. The Morgan fingerprint density at radius 2 is 2.00 bits per heavy atom. The van der Waals surface area contributed by atoms with Gasteiger partial charge in [-0.15, -0.1) is 0 Å². The third-order valence-corrected chi connectivity index (χ3v) is 4.56. The van der Waals surface area contributed by atoms with Crippen LogP contribution in [0, 0.1) is 18.3 Å². The molecule has 2 aromatic rings. The Hall–Kier alpha value is -3.16. The molecule has 0 bridgehead atoms. The number of carbonyl (C=O) groups excluding carboxylic acids is 1. The molecule has 1 amide bonds. The van der Waals surface area contributed by atoms with Crippen LogP contribution in [-0.4, -0.2) is 44.0 Å². The van der Waals surface area contributed by atoms with Crippen LogP contribution in [0.2, 0.25) is 0 Å². The van der Waals surface area contributed by atoms with Crippen LogP contribution in [-0.2, 0) is 16.1 Å². The number of hydrazone groups is 1. The highest BCUT2D eigenvalue weighted by atomic mass is 79.9. The first-order valence-electron chi connectivity index (χ1n) is 9.86. The van der Waals surface area contributed by atoms with Crippen molar-refractivity contribution in [3.63, 3.8) is 0 Å². The fraction of sp³-hybridized carbons (Fsp3) is 0.364. The number of nitriles is 1. The average Bonchev–Trinajstić information content (AvgIpc) is 2.75. The summed E-state index contributed by atoms with van der Waals surface area (Å²) in [5, 5.41) is 13.4. The zero-order valence-electron chi connectivity index (χ0n) is 18.4. The average molecular weight is 505 g/mol. The van der Waals surface area contributed by atoms with Crippen molar-refractivity contribution in [3.05, 3.63) is 45.1 Å². The van der Waals surface area contributed by atoms with Crippen LogP contribution in [0.1, 0.15) is 36.2 Å². The maximum Gasteiger partial charge on any atom is 0.278 e. The first-order valence-corrected chi connectivity index (χ1v) is 10.7. The van der Waals surface area contributed by atoms with Crippen molar-refractivity contribution < 1.29 is 23.7 Å². The zero-order valence-corrected chi connectivity index (χ0v) is 20.0. The lowest BCUT2D eigenvalue weighted by molar-refractivity contribution is -0.123. The third-order valence-electron chi connectivity index (χ3n) is 3.97. The Kier molecular flexibility index (Phi) is 9.91. The maximum absolute atomic E-state index is 12.1. The molecule has 9 nitrogen and oxygen atoms in total. The molecule has 0 unspecified atom stereocenters. The largest absolute Gasteiger partial charge is 0.490 e. The van der Waals surface area contributed by atoms with Gasteiger partial charge in [-0.05, 0) is 60.5 Å². The number of ether oxygens (including phenoxy) is 4. The Bertz CT molecular complexity index is 1020. The summed E-state index contributed by atoms with van der Waals surface area (Å²) < 4.78 is 22.5. The lowest BCUT2D eigenvalue weighted by Gasteiger charge is -2.13. The van der Waals surface area contributed by atoms with Gasteiger partial charge in [-0.25, -0.2) is 10.4 Å². The van der Waals surface area contributed by atoms with Gasteiger partial charge in [0, 0.05) is 18.4 Å². The van der Waals surface area contributed by atoms with Gasteiger partial charge in [0.15, 0.2) is 18.1 Å². The molecule has 1 aromatic heterocycles. The number of methoxy groups -OCH3 is 1. The number of nitrogens with one attached hydrogen (secondary N) is 1. The number of nitrogens with zero attached hydrogens (tertiary/aromatic N) is 3. The number of pyridine rings is 1. The fourth-order valence-corrected chi connectivity index (χ4v) is 3.33. The van der Waals surface area contributed by atoms with Crippen LogP contribution in [0.5, 0.6) is 17.4 Å². The van der Waals surface area contributed by atoms with Gasteiger partial charge in [0.25, 0.3) is 5.91 Å². The number of aryl methyl sites for hydroxylation is 1. The molecule has 0 aliphatic heterocycles. The minimum absolute atomic E-state index is 0.0791. The Labute approximate surface area is 195 Å². The van der Waals surface area contributed by atoms with Crippen molar-refractivity contribution in [1.82, 2.24) is 10.4 Å². The van der Waals surface area contributed by atoms with Crippen LogP contribution in [0.15, 0.2) is 27.8 Å². The summed E-state index contributed by atoms with van der Waals surface area (Å²) in [6.07, 6.45) is 1.48. The molecule has 32 heavy (non-hydrogen) atoms. The summed E-state index contributed by atoms with van der Waals surface area (Å²) in [7, 11) is 1.53. The van der Waals surface area contributed by atoms with Gasteiger partial charge in [0.2, 0.25) is 5.88 Å². The van der Waals surface area contributed by atoms with Crippen LogP contribution < -0.4 is 19.6 Å². The summed E-state index contributed by atoms with van der Waals surface area (Å²) >= 11 is 3.46. The molecule has 1 aromatic carbocycles. The molecule has 1 heterocycles. The van der Waals surface area contributed by atoms with Crippen molar-refractivity contribution in [2.75, 3.05) is 26.9 Å². The highest BCUT2D eigenvalue weighted by Crippen LogP contribution is 2.36. The van der Waals surface area contributed by atoms with E-state index in [2.05, 4.69) is 31.4 Å². The van der Waals surface area contributed by atoms with E-state index in [1.165, 1.54) is 13.3 Å². The minimum Gasteiger partial charge on any atom is -0.490 e. The van der Waals surface area contributed by atoms with Gasteiger partial charge >= 0.3 is 0 Å². The molecule has 0 saturated carbocycles. The smallest absolute Gasteiger partial charge is 0.278 e. The Balaban J connectivity index is 2.04. The Morgan fingerprint density at radius 3 is 2.66 bits per heavy atom. The predicted molar refractivity (Wildman–Crippen MR) is 122 cm³/mol. The van der Waals surface area contributed by atoms with Crippen LogP contribution >= 0.6 is 15.9 Å². The predicted octanol–water partition coefficient (Wildman–Crippen LogP) is 3.50. The number of amides is 1. The van der Waals surface area contributed by atoms with E-state index in [1.807, 2.05) is 19.9 Å². The third kappa shape index (κ3) is 6.93. The second-order valence-electron chi connectivity index (χ2n) is 6.43. The number of hydrogen-bond acceptors (Lipinski definition) is 8. The quantitative estimate of drug-likeness (QED) is 0.367. The molecule has 0 atom stereocenters. The highest BCUT2D eigenvalue weighted by Gasteiger charge is 2.14. The van der Waals surface area contributed by atoms with E-state index in [-0.39, 0.29) is 24.7 Å². The molecular weight excluding hydrogens is 480 g/mol. The van der Waals surface area contributed by atoms with Crippen molar-refractivity contribution in [3.8, 4) is 23.4 Å². The van der Waals surface area contributed by atoms with E-state index < -0.39 is 5.91 Å². The minimum atomic E-state index is -0.503. The Morgan fingerprint density at radius 1 is 1.25 bits per heavy atom. The van der Waals surface area contributed by atoms with E-state index in [4.69, 9.17) is 18.9 Å². The van der Waals surface area contributed by atoms with Crippen LogP contribution in [0.25, 0.3) is 0 Å². The lowest BCUT2D eigenvalue weighted by Crippen LogP contribution is -2.25. The summed E-state index contributed by atoms with van der Waals surface area (Å²) in [6.45, 7) is 6.39. The SMILES string of the molecule is CCOc1cc(C=NNC(=O)COc2nc(C)cc(COC)c2C#N)cc(Br)c1OCC. The molecular formula is C22H25BrN4O5. The van der Waals surface area contributed by atoms with Gasteiger partial charge in [-0.3, -0.25) is 4.79 Å². The van der Waals surface area contributed by atoms with E-state index in [0.717, 1.165) is 0 Å². The number of benzene rings is 1. The van der Waals surface area contributed by atoms with Gasteiger partial charge in [0.05, 0.1) is 30.5 Å². The molecule has 2 rings (SSSR count). The summed E-state index contributed by atoms with van der Waals surface area (Å²) in [6, 6.07) is 7.35. The molecule has 0 spiro atoms. The molecule has 0 aliphatic rings. The summed E-state index contributed by atoms with van der Waals surface area (Å²) in [5.41, 5.74) is 4.60. The summed E-state index contributed by atoms with van der Waals surface area (Å²) in [5.74, 6) is 0.754. The fourth-order valence-electron chi connectivity index (χ4n) is 2.76. The molecule has 0 aliphatic carbocycles. The maximum atomic E-state index is 12.1. The first kappa shape index (κ1) is 25.1. The number of carbonyl (C=O) groups is 1. The van der Waals surface area contributed by atoms with Crippen molar-refractivity contribution in [2.45, 2.75) is 27.4 Å². The zero-order chi connectivity index (χ0) is 23.5. The van der Waals surface area contributed by atoms with E-state index >= 15 is 0 Å². The van der Waals surface area contributed by atoms with Crippen molar-refractivity contribution >= 4 is 28.1 Å². The monoisotopic (exact) mass is 504 g/mol. The normalized spacial score (nSPS) is 10.6. The van der Waals surface area contributed by atoms with Crippen LogP contribution in [0.3, 0.4) is 0 Å². The first-order chi connectivity index (χ1) is 15.4. The topological polar surface area (TPSA) is 115 Å². The van der Waals surface area contributed by atoms with Gasteiger partial charge in [-0.1, -0.05) is 0 Å². The molecule has 10 heteroatoms. The van der Waals surface area contributed by atoms with E-state index in [1.54, 1.807) is 25.1 Å². The van der Waals surface area contributed by atoms with Gasteiger partial charge in [0.1, 0.15) is 11.6 Å². The second-order valence-corrected chi connectivity index (χ2v) is 7.28. The van der Waals surface area contributed by atoms with E-state index in [0.29, 0.717) is 46.0 Å². The molecule has 1 N–H and O–H groups in total. The molecule has 0 saturated heterocycles. The van der Waals surface area contributed by atoms with Gasteiger partial charge in [-0.2, -0.15) is 10.4 Å². The molecule has 0 radical (unpaired) electrons. The van der Waals surface area contributed by atoms with Gasteiger partial charge < -0.3 is 18.9 Å². The molecule has 0 fully saturated rings. The van der Waals surface area contributed by atoms with Crippen LogP contribution in [0.4, 0.5) is 0 Å². The second kappa shape index (κ2) is 12.6. The number of aromatic nitrogens is 1. The number of hydrogen-bond donors (Lipinski definition) is 1. The summed E-state index contributed by atoms with van der Waals surface area (Å²) in [4.78, 5) is 16.3.